The lowest BCUT2D eigenvalue weighted by Crippen LogP contribution is -2.39. The molecule has 0 bridgehead atoms. The largest absolute Gasteiger partial charge is 0.342 e. The van der Waals surface area contributed by atoms with Crippen LogP contribution in [-0.4, -0.2) is 51.5 Å². The zero-order valence-electron chi connectivity index (χ0n) is 15.6. The number of carbonyl (C=O) groups excluding carboxylic acids is 1. The topological polar surface area (TPSA) is 63.1 Å². The van der Waals surface area contributed by atoms with Gasteiger partial charge in [-0.15, -0.1) is 34.4 Å². The summed E-state index contributed by atoms with van der Waals surface area (Å²) in [6.07, 6.45) is 4.50. The Hall–Kier alpha value is -1.57. The van der Waals surface area contributed by atoms with Crippen LogP contribution in [0.4, 0.5) is 0 Å². The molecule has 3 heterocycles. The van der Waals surface area contributed by atoms with Crippen LogP contribution in [0, 0.1) is 0 Å². The summed E-state index contributed by atoms with van der Waals surface area (Å²) in [6.45, 7) is 4.35. The van der Waals surface area contributed by atoms with E-state index in [0.29, 0.717) is 12.3 Å². The number of carbonyl (C=O) groups is 1. The van der Waals surface area contributed by atoms with Gasteiger partial charge in [0.05, 0.1) is 13.0 Å². The van der Waals surface area contributed by atoms with Gasteiger partial charge in [-0.2, -0.15) is 0 Å². The second-order valence-electron chi connectivity index (χ2n) is 6.95. The van der Waals surface area contributed by atoms with Crippen LogP contribution in [0.15, 0.2) is 29.2 Å². The van der Waals surface area contributed by atoms with E-state index in [-0.39, 0.29) is 18.3 Å². The van der Waals surface area contributed by atoms with Crippen LogP contribution < -0.4 is 5.32 Å². The van der Waals surface area contributed by atoms with Gasteiger partial charge in [-0.3, -0.25) is 4.79 Å². The molecular formula is C19H26ClN5OS. The molecule has 1 saturated heterocycles. The van der Waals surface area contributed by atoms with Gasteiger partial charge in [0.25, 0.3) is 0 Å². The minimum atomic E-state index is 0. The molecule has 0 spiro atoms. The van der Waals surface area contributed by atoms with Gasteiger partial charge in [-0.25, -0.2) is 0 Å². The van der Waals surface area contributed by atoms with Crippen LogP contribution >= 0.6 is 24.2 Å². The summed E-state index contributed by atoms with van der Waals surface area (Å²) < 4.78 is 2.27. The quantitative estimate of drug-likeness (QED) is 0.789. The molecule has 0 radical (unpaired) electrons. The summed E-state index contributed by atoms with van der Waals surface area (Å²) in [4.78, 5) is 15.9. The van der Waals surface area contributed by atoms with Crippen LogP contribution in [0.3, 0.4) is 0 Å². The molecule has 0 unspecified atom stereocenters. The predicted octanol–water partition coefficient (Wildman–Crippen LogP) is 2.47. The molecule has 0 aliphatic carbocycles. The number of nitrogens with one attached hydrogen (secondary N) is 1. The molecule has 8 heteroatoms. The number of hydrogen-bond donors (Lipinski definition) is 1. The Labute approximate surface area is 170 Å². The summed E-state index contributed by atoms with van der Waals surface area (Å²) in [7, 11) is 0. The average Bonchev–Trinajstić information content (AvgIpc) is 3.12. The Morgan fingerprint density at radius 2 is 2.00 bits per heavy atom. The molecule has 1 amide bonds. The summed E-state index contributed by atoms with van der Waals surface area (Å²) in [6, 6.07) is 8.19. The van der Waals surface area contributed by atoms with Crippen LogP contribution in [-0.2, 0) is 24.3 Å². The maximum Gasteiger partial charge on any atom is 0.227 e. The molecule has 1 N–H and O–H groups in total. The third-order valence-corrected chi connectivity index (χ3v) is 6.24. The van der Waals surface area contributed by atoms with Crippen molar-refractivity contribution in [3.05, 3.63) is 41.5 Å². The van der Waals surface area contributed by atoms with E-state index in [2.05, 4.69) is 38.5 Å². The molecule has 0 atom stereocenters. The Kier molecular flexibility index (Phi) is 6.78. The minimum Gasteiger partial charge on any atom is -0.342 e. The van der Waals surface area contributed by atoms with Crippen LogP contribution in [0.1, 0.15) is 36.0 Å². The molecule has 0 saturated carbocycles. The van der Waals surface area contributed by atoms with Gasteiger partial charge in [-0.05, 0) is 30.7 Å². The maximum absolute atomic E-state index is 12.7. The summed E-state index contributed by atoms with van der Waals surface area (Å²) >= 11 is 1.70. The van der Waals surface area contributed by atoms with Crippen molar-refractivity contribution in [3.8, 4) is 0 Å². The van der Waals surface area contributed by atoms with Crippen LogP contribution in [0.25, 0.3) is 0 Å². The number of fused-ring (bicyclic) bond motifs is 1. The van der Waals surface area contributed by atoms with Crippen molar-refractivity contribution in [2.75, 3.05) is 25.9 Å². The third-order valence-electron chi connectivity index (χ3n) is 5.40. The monoisotopic (exact) mass is 407 g/mol. The highest BCUT2D eigenvalue weighted by atomic mass is 35.5. The second-order valence-corrected chi connectivity index (χ2v) is 7.79. The number of rotatable bonds is 4. The predicted molar refractivity (Wildman–Crippen MR) is 109 cm³/mol. The minimum absolute atomic E-state index is 0. The zero-order chi connectivity index (χ0) is 17.9. The first-order valence-electron chi connectivity index (χ1n) is 9.28. The molecule has 4 rings (SSSR count). The fourth-order valence-electron chi connectivity index (χ4n) is 3.93. The lowest BCUT2D eigenvalue weighted by atomic mass is 9.95. The van der Waals surface area contributed by atoms with Crippen LogP contribution in [0.5, 0.6) is 0 Å². The van der Waals surface area contributed by atoms with Crippen molar-refractivity contribution in [3.63, 3.8) is 0 Å². The van der Waals surface area contributed by atoms with E-state index in [0.717, 1.165) is 62.8 Å². The first kappa shape index (κ1) is 20.2. The smallest absolute Gasteiger partial charge is 0.227 e. The highest BCUT2D eigenvalue weighted by Gasteiger charge is 2.28. The third kappa shape index (κ3) is 4.31. The molecule has 6 nitrogen and oxygen atoms in total. The molecule has 1 fully saturated rings. The van der Waals surface area contributed by atoms with Crippen molar-refractivity contribution < 1.29 is 4.79 Å². The van der Waals surface area contributed by atoms with Crippen molar-refractivity contribution in [2.24, 2.45) is 0 Å². The second kappa shape index (κ2) is 9.08. The maximum atomic E-state index is 12.7. The number of benzene rings is 1. The zero-order valence-corrected chi connectivity index (χ0v) is 17.2. The summed E-state index contributed by atoms with van der Waals surface area (Å²) in [5.74, 6) is 2.80. The average molecular weight is 408 g/mol. The van der Waals surface area contributed by atoms with Gasteiger partial charge in [0.2, 0.25) is 5.91 Å². The van der Waals surface area contributed by atoms with E-state index in [1.54, 1.807) is 11.8 Å². The lowest BCUT2D eigenvalue weighted by Gasteiger charge is -2.32. The number of hydrogen-bond acceptors (Lipinski definition) is 5. The van der Waals surface area contributed by atoms with Crippen molar-refractivity contribution in [1.82, 2.24) is 25.0 Å². The van der Waals surface area contributed by atoms with Crippen molar-refractivity contribution in [1.29, 1.82) is 0 Å². The van der Waals surface area contributed by atoms with E-state index in [1.165, 1.54) is 4.90 Å². The van der Waals surface area contributed by atoms with Gasteiger partial charge in [-0.1, -0.05) is 18.2 Å². The number of thioether (sulfide) groups is 1. The summed E-state index contributed by atoms with van der Waals surface area (Å²) in [5, 5.41) is 12.1. The standard InChI is InChI=1S/C19H25N5OS.ClH/c1-26-16-5-3-2-4-15(16)12-18(25)23-9-6-14(7-10-23)19-22-21-17-13-20-8-11-24(17)19;/h2-5,14,20H,6-13H2,1H3;1H. The molecule has 2 aliphatic rings. The molecule has 146 valence electrons. The summed E-state index contributed by atoms with van der Waals surface area (Å²) in [5.41, 5.74) is 1.13. The highest BCUT2D eigenvalue weighted by molar-refractivity contribution is 7.98. The first-order chi connectivity index (χ1) is 12.8. The van der Waals surface area contributed by atoms with E-state index in [4.69, 9.17) is 0 Å². The fraction of sp³-hybridized carbons (Fsp3) is 0.526. The van der Waals surface area contributed by atoms with E-state index in [9.17, 15) is 4.79 Å². The number of nitrogens with zero attached hydrogens (tertiary/aromatic N) is 4. The Bertz CT molecular complexity index is 788. The number of aromatic nitrogens is 3. The Morgan fingerprint density at radius 1 is 1.22 bits per heavy atom. The van der Waals surface area contributed by atoms with Crippen molar-refractivity contribution >= 4 is 30.1 Å². The van der Waals surface area contributed by atoms with E-state index < -0.39 is 0 Å². The number of likely N-dealkylation sites (tertiary alicyclic amines) is 1. The van der Waals surface area contributed by atoms with Crippen molar-refractivity contribution in [2.45, 2.75) is 43.2 Å². The SMILES string of the molecule is CSc1ccccc1CC(=O)N1CCC(c2nnc3n2CCNC3)CC1.Cl. The molecule has 2 aliphatic heterocycles. The number of amides is 1. The molecule has 2 aromatic rings. The van der Waals surface area contributed by atoms with E-state index >= 15 is 0 Å². The van der Waals surface area contributed by atoms with Gasteiger partial charge < -0.3 is 14.8 Å². The fourth-order valence-corrected chi connectivity index (χ4v) is 4.54. The first-order valence-corrected chi connectivity index (χ1v) is 10.5. The van der Waals surface area contributed by atoms with Crippen LogP contribution in [0.2, 0.25) is 0 Å². The van der Waals surface area contributed by atoms with Gasteiger partial charge in [0.15, 0.2) is 0 Å². The van der Waals surface area contributed by atoms with Gasteiger partial charge in [0, 0.05) is 37.0 Å². The van der Waals surface area contributed by atoms with Gasteiger partial charge >= 0.3 is 0 Å². The lowest BCUT2D eigenvalue weighted by molar-refractivity contribution is -0.131. The molecular weight excluding hydrogens is 382 g/mol. The number of piperidine rings is 1. The normalized spacial score (nSPS) is 17.3. The molecule has 27 heavy (non-hydrogen) atoms. The Morgan fingerprint density at radius 3 is 2.78 bits per heavy atom. The molecule has 1 aromatic heterocycles. The highest BCUT2D eigenvalue weighted by Crippen LogP contribution is 2.28. The van der Waals surface area contributed by atoms with Gasteiger partial charge in [0.1, 0.15) is 11.6 Å². The molecule has 1 aromatic carbocycles. The number of halogens is 1. The van der Waals surface area contributed by atoms with E-state index in [1.807, 2.05) is 17.0 Å². The Balaban J connectivity index is 0.00000210.